The van der Waals surface area contributed by atoms with Crippen LogP contribution in [0.5, 0.6) is 0 Å². The van der Waals surface area contributed by atoms with Crippen molar-refractivity contribution in [2.45, 2.75) is 39.0 Å². The maximum atomic E-state index is 12.3. The van der Waals surface area contributed by atoms with Gasteiger partial charge in [0.15, 0.2) is 0 Å². The number of rotatable bonds is 3. The zero-order valence-corrected chi connectivity index (χ0v) is 13.1. The first kappa shape index (κ1) is 16.2. The predicted octanol–water partition coefficient (Wildman–Crippen LogP) is 2.22. The number of carboxylic acid groups (broad SMARTS) is 1. The third kappa shape index (κ3) is 3.36. The van der Waals surface area contributed by atoms with Gasteiger partial charge in [0.1, 0.15) is 11.6 Å². The third-order valence-electron chi connectivity index (χ3n) is 3.23. The highest BCUT2D eigenvalue weighted by Gasteiger charge is 2.37. The van der Waals surface area contributed by atoms with Crippen molar-refractivity contribution in [2.24, 2.45) is 0 Å². The van der Waals surface area contributed by atoms with Crippen molar-refractivity contribution in [3.05, 3.63) is 29.1 Å². The second-order valence-corrected chi connectivity index (χ2v) is 6.15. The number of hydrogen-bond donors (Lipinski definition) is 1. The molecule has 0 spiro atoms. The number of carboxylic acids is 1. The van der Waals surface area contributed by atoms with Gasteiger partial charge in [-0.15, -0.1) is 0 Å². The summed E-state index contributed by atoms with van der Waals surface area (Å²) < 4.78 is 10.6. The lowest BCUT2D eigenvalue weighted by atomic mass is 10.1. The molecule has 1 aliphatic heterocycles. The zero-order valence-electron chi connectivity index (χ0n) is 13.1. The van der Waals surface area contributed by atoms with E-state index >= 15 is 0 Å². The molecular weight excluding hydrogens is 288 g/mol. The average molecular weight is 308 g/mol. The van der Waals surface area contributed by atoms with Crippen molar-refractivity contribution in [1.29, 1.82) is 0 Å². The van der Waals surface area contributed by atoms with E-state index in [0.717, 1.165) is 0 Å². The topological polar surface area (TPSA) is 89.0 Å². The Labute approximate surface area is 128 Å². The summed E-state index contributed by atoms with van der Waals surface area (Å²) in [5, 5.41) is 9.04. The molecule has 0 fully saturated rings. The maximum absolute atomic E-state index is 12.3. The monoisotopic (exact) mass is 308 g/mol. The molecule has 1 N–H and O–H groups in total. The van der Waals surface area contributed by atoms with Crippen molar-refractivity contribution >= 4 is 12.1 Å². The van der Waals surface area contributed by atoms with Crippen molar-refractivity contribution in [3.8, 4) is 0 Å². The fourth-order valence-electron chi connectivity index (χ4n) is 2.35. The van der Waals surface area contributed by atoms with Crippen molar-refractivity contribution in [3.63, 3.8) is 0 Å². The number of fused-ring (bicyclic) bond motifs is 1. The van der Waals surface area contributed by atoms with E-state index in [4.69, 9.17) is 14.6 Å². The summed E-state index contributed by atoms with van der Waals surface area (Å²) in [5.41, 5.74) is 0.842. The molecule has 0 radical (unpaired) electrons. The van der Waals surface area contributed by atoms with Crippen LogP contribution in [-0.2, 0) is 16.0 Å². The molecule has 2 heterocycles. The Hall–Kier alpha value is -2.15. The molecule has 22 heavy (non-hydrogen) atoms. The smallest absolute Gasteiger partial charge is 0.411 e. The minimum atomic E-state index is -1.05. The number of hydrogen-bond acceptors (Lipinski definition) is 5. The predicted molar refractivity (Wildman–Crippen MR) is 77.6 cm³/mol. The Balaban J connectivity index is 2.30. The van der Waals surface area contributed by atoms with Gasteiger partial charge in [0.2, 0.25) is 0 Å². The Kier molecular flexibility index (Phi) is 4.37. The quantitative estimate of drug-likeness (QED) is 0.921. The van der Waals surface area contributed by atoms with Crippen LogP contribution in [0.3, 0.4) is 0 Å². The number of aromatic carboxylic acids is 1. The molecule has 7 heteroatoms. The molecule has 120 valence electrons. The van der Waals surface area contributed by atoms with Gasteiger partial charge in [0.25, 0.3) is 0 Å². The van der Waals surface area contributed by atoms with E-state index in [1.807, 2.05) is 0 Å². The molecule has 1 unspecified atom stereocenters. The van der Waals surface area contributed by atoms with Crippen LogP contribution in [0.15, 0.2) is 12.3 Å². The molecule has 0 aromatic carbocycles. The van der Waals surface area contributed by atoms with E-state index in [1.165, 1.54) is 24.3 Å². The van der Waals surface area contributed by atoms with Crippen LogP contribution in [0, 0.1) is 0 Å². The molecule has 1 aromatic heterocycles. The van der Waals surface area contributed by atoms with Gasteiger partial charge in [0.05, 0.1) is 24.4 Å². The first-order valence-corrected chi connectivity index (χ1v) is 6.93. The van der Waals surface area contributed by atoms with Crippen LogP contribution < -0.4 is 0 Å². The van der Waals surface area contributed by atoms with Crippen LogP contribution in [0.2, 0.25) is 0 Å². The van der Waals surface area contributed by atoms with Gasteiger partial charge in [-0.1, -0.05) is 0 Å². The van der Waals surface area contributed by atoms with E-state index < -0.39 is 17.7 Å². The molecule has 1 aromatic rings. The van der Waals surface area contributed by atoms with E-state index in [-0.39, 0.29) is 24.8 Å². The number of pyridine rings is 1. The molecule has 0 aliphatic carbocycles. The fraction of sp³-hybridized carbons (Fsp3) is 0.533. The average Bonchev–Trinajstić information content (AvgIpc) is 2.75. The standard InChI is InChI=1S/C15H20N2O5/c1-15(2,3)22-14(20)17-7-10-5-9(13(18)19)6-16-12(10)11(17)8-21-4/h5-6,11H,7-8H2,1-4H3,(H,18,19). The van der Waals surface area contributed by atoms with E-state index in [2.05, 4.69) is 4.98 Å². The molecule has 2 rings (SSSR count). The highest BCUT2D eigenvalue weighted by atomic mass is 16.6. The molecule has 0 saturated heterocycles. The van der Waals surface area contributed by atoms with Gasteiger partial charge in [-0.25, -0.2) is 9.59 Å². The third-order valence-corrected chi connectivity index (χ3v) is 3.23. The Morgan fingerprint density at radius 3 is 2.68 bits per heavy atom. The highest BCUT2D eigenvalue weighted by molar-refractivity contribution is 5.87. The summed E-state index contributed by atoms with van der Waals surface area (Å²) in [6.45, 7) is 5.90. The van der Waals surface area contributed by atoms with Gasteiger partial charge in [0, 0.05) is 13.3 Å². The zero-order chi connectivity index (χ0) is 16.5. The van der Waals surface area contributed by atoms with Crippen molar-refractivity contribution in [1.82, 2.24) is 9.88 Å². The number of nitrogens with zero attached hydrogens (tertiary/aromatic N) is 2. The van der Waals surface area contributed by atoms with Crippen LogP contribution >= 0.6 is 0 Å². The van der Waals surface area contributed by atoms with E-state index in [9.17, 15) is 9.59 Å². The van der Waals surface area contributed by atoms with Crippen LogP contribution in [0.25, 0.3) is 0 Å². The number of ether oxygens (including phenoxy) is 2. The summed E-state index contributed by atoms with van der Waals surface area (Å²) in [4.78, 5) is 29.1. The minimum absolute atomic E-state index is 0.0981. The maximum Gasteiger partial charge on any atom is 0.411 e. The minimum Gasteiger partial charge on any atom is -0.478 e. The number of aromatic nitrogens is 1. The van der Waals surface area contributed by atoms with Gasteiger partial charge in [-0.05, 0) is 32.4 Å². The lowest BCUT2D eigenvalue weighted by Gasteiger charge is -2.28. The number of methoxy groups -OCH3 is 1. The summed E-state index contributed by atoms with van der Waals surface area (Å²) >= 11 is 0. The summed E-state index contributed by atoms with van der Waals surface area (Å²) in [6, 6.07) is 1.16. The lowest BCUT2D eigenvalue weighted by Crippen LogP contribution is -2.37. The Morgan fingerprint density at radius 1 is 1.45 bits per heavy atom. The normalized spacial score (nSPS) is 17.3. The van der Waals surface area contributed by atoms with Crippen molar-refractivity contribution < 1.29 is 24.2 Å². The molecule has 0 bridgehead atoms. The van der Waals surface area contributed by atoms with Gasteiger partial charge in [-0.3, -0.25) is 9.88 Å². The molecule has 1 atom stereocenters. The van der Waals surface area contributed by atoms with Gasteiger partial charge in [-0.2, -0.15) is 0 Å². The Bertz CT molecular complexity index is 594. The van der Waals surface area contributed by atoms with E-state index in [0.29, 0.717) is 11.3 Å². The molecule has 7 nitrogen and oxygen atoms in total. The summed E-state index contributed by atoms with van der Waals surface area (Å²) in [5.74, 6) is -1.05. The SMILES string of the molecule is COCC1c2ncc(C(=O)O)cc2CN1C(=O)OC(C)(C)C. The van der Waals surface area contributed by atoms with Crippen LogP contribution in [0.1, 0.15) is 48.4 Å². The van der Waals surface area contributed by atoms with Crippen molar-refractivity contribution in [2.75, 3.05) is 13.7 Å². The molecule has 1 aliphatic rings. The first-order chi connectivity index (χ1) is 10.2. The summed E-state index contributed by atoms with van der Waals surface area (Å²) in [6.07, 6.45) is 0.826. The lowest BCUT2D eigenvalue weighted by molar-refractivity contribution is 0.00743. The van der Waals surface area contributed by atoms with Gasteiger partial charge >= 0.3 is 12.1 Å². The first-order valence-electron chi connectivity index (χ1n) is 6.93. The Morgan fingerprint density at radius 2 is 2.14 bits per heavy atom. The van der Waals surface area contributed by atoms with Crippen LogP contribution in [-0.4, -0.2) is 46.4 Å². The second kappa shape index (κ2) is 5.92. The fourth-order valence-corrected chi connectivity index (χ4v) is 2.35. The number of carbonyl (C=O) groups excluding carboxylic acids is 1. The molecule has 0 saturated carbocycles. The molecular formula is C15H20N2O5. The highest BCUT2D eigenvalue weighted by Crippen LogP contribution is 2.34. The second-order valence-electron chi connectivity index (χ2n) is 6.15. The summed E-state index contributed by atoms with van der Waals surface area (Å²) in [7, 11) is 1.54. The molecule has 1 amide bonds. The van der Waals surface area contributed by atoms with Crippen LogP contribution in [0.4, 0.5) is 4.79 Å². The largest absolute Gasteiger partial charge is 0.478 e. The number of amides is 1. The van der Waals surface area contributed by atoms with Gasteiger partial charge < -0.3 is 14.6 Å². The van der Waals surface area contributed by atoms with E-state index in [1.54, 1.807) is 20.8 Å². The number of carbonyl (C=O) groups is 2.